The van der Waals surface area contributed by atoms with Crippen LogP contribution in [0.3, 0.4) is 0 Å². The molecule has 1 aliphatic rings. The number of hydrogen-bond donors (Lipinski definition) is 2. The average Bonchev–Trinajstić information content (AvgIpc) is 3.46. The lowest BCUT2D eigenvalue weighted by atomic mass is 10.1. The molecule has 0 unspecified atom stereocenters. The van der Waals surface area contributed by atoms with E-state index >= 15 is 0 Å². The molecule has 3 aromatic heterocycles. The first-order valence-electron chi connectivity index (χ1n) is 9.76. The summed E-state index contributed by atoms with van der Waals surface area (Å²) >= 11 is 0. The number of rotatable bonds is 4. The molecule has 1 fully saturated rings. The van der Waals surface area contributed by atoms with Gasteiger partial charge in [0.1, 0.15) is 11.6 Å². The van der Waals surface area contributed by atoms with E-state index in [1.807, 2.05) is 53.5 Å². The van der Waals surface area contributed by atoms with Gasteiger partial charge in [0.05, 0.1) is 29.7 Å². The van der Waals surface area contributed by atoms with Gasteiger partial charge in [-0.1, -0.05) is 30.3 Å². The van der Waals surface area contributed by atoms with Crippen molar-refractivity contribution in [1.29, 1.82) is 0 Å². The fourth-order valence-electron chi connectivity index (χ4n) is 3.68. The molecule has 0 amide bonds. The Hall–Kier alpha value is -3.45. The van der Waals surface area contributed by atoms with E-state index in [2.05, 4.69) is 26.2 Å². The lowest BCUT2D eigenvalue weighted by molar-refractivity contribution is 0.0662. The Bertz CT molecular complexity index is 1110. The van der Waals surface area contributed by atoms with Gasteiger partial charge in [0.2, 0.25) is 0 Å². The van der Waals surface area contributed by atoms with Crippen LogP contribution >= 0.6 is 0 Å². The van der Waals surface area contributed by atoms with E-state index in [0.29, 0.717) is 17.7 Å². The summed E-state index contributed by atoms with van der Waals surface area (Å²) in [7, 11) is 0. The Balaban J connectivity index is 1.45. The van der Waals surface area contributed by atoms with Crippen LogP contribution in [0, 0.1) is 0 Å². The molecule has 4 aromatic rings. The van der Waals surface area contributed by atoms with Crippen LogP contribution in [-0.4, -0.2) is 37.9 Å². The number of anilines is 1. The predicted octanol–water partition coefficient (Wildman–Crippen LogP) is 3.94. The van der Waals surface area contributed by atoms with Crippen molar-refractivity contribution in [2.45, 2.75) is 18.9 Å². The molecule has 1 aromatic carbocycles. The molecule has 7 heteroatoms. The summed E-state index contributed by atoms with van der Waals surface area (Å²) in [5.41, 5.74) is 10.9. The summed E-state index contributed by atoms with van der Waals surface area (Å²) in [5.74, 6) is 1.15. The van der Waals surface area contributed by atoms with Gasteiger partial charge in [-0.3, -0.25) is 4.68 Å². The quantitative estimate of drug-likeness (QED) is 0.554. The molecule has 0 bridgehead atoms. The molecule has 29 heavy (non-hydrogen) atoms. The van der Waals surface area contributed by atoms with E-state index < -0.39 is 0 Å². The van der Waals surface area contributed by atoms with Crippen molar-refractivity contribution in [3.05, 3.63) is 61.2 Å². The second kappa shape index (κ2) is 7.52. The SMILES string of the molecule is Nc1ncc(-c2cnn(C3CCOCC3)c2)cc1-c1ncc(-c2ccccc2)[nH]1. The zero-order valence-corrected chi connectivity index (χ0v) is 16.0. The highest BCUT2D eigenvalue weighted by Gasteiger charge is 2.17. The summed E-state index contributed by atoms with van der Waals surface area (Å²) in [4.78, 5) is 12.3. The van der Waals surface area contributed by atoms with Gasteiger partial charge in [0, 0.05) is 36.7 Å². The van der Waals surface area contributed by atoms with Crippen LogP contribution in [0.4, 0.5) is 5.82 Å². The number of imidazole rings is 1. The third-order valence-electron chi connectivity index (χ3n) is 5.33. The smallest absolute Gasteiger partial charge is 0.141 e. The number of H-pyrrole nitrogens is 1. The van der Waals surface area contributed by atoms with Crippen LogP contribution in [0.2, 0.25) is 0 Å². The van der Waals surface area contributed by atoms with Gasteiger partial charge < -0.3 is 15.5 Å². The molecule has 0 radical (unpaired) electrons. The van der Waals surface area contributed by atoms with Gasteiger partial charge in [0.25, 0.3) is 0 Å². The number of nitrogens with zero attached hydrogens (tertiary/aromatic N) is 4. The van der Waals surface area contributed by atoms with E-state index in [9.17, 15) is 0 Å². The minimum absolute atomic E-state index is 0.386. The molecule has 1 saturated heterocycles. The van der Waals surface area contributed by atoms with E-state index in [1.54, 1.807) is 6.20 Å². The first-order chi connectivity index (χ1) is 14.3. The Morgan fingerprint density at radius 1 is 0.966 bits per heavy atom. The monoisotopic (exact) mass is 386 g/mol. The van der Waals surface area contributed by atoms with E-state index in [-0.39, 0.29) is 0 Å². The van der Waals surface area contributed by atoms with Crippen molar-refractivity contribution in [2.75, 3.05) is 18.9 Å². The normalized spacial score (nSPS) is 14.9. The van der Waals surface area contributed by atoms with Gasteiger partial charge in [-0.05, 0) is 24.5 Å². The highest BCUT2D eigenvalue weighted by Crippen LogP contribution is 2.30. The van der Waals surface area contributed by atoms with E-state index in [1.165, 1.54) is 0 Å². The Morgan fingerprint density at radius 2 is 1.79 bits per heavy atom. The second-order valence-corrected chi connectivity index (χ2v) is 7.22. The van der Waals surface area contributed by atoms with Crippen LogP contribution in [0.15, 0.2) is 61.2 Å². The molecule has 1 aliphatic heterocycles. The van der Waals surface area contributed by atoms with Crippen LogP contribution in [0.25, 0.3) is 33.8 Å². The lowest BCUT2D eigenvalue weighted by Gasteiger charge is -2.22. The van der Waals surface area contributed by atoms with Crippen molar-refractivity contribution in [3.63, 3.8) is 0 Å². The summed E-state index contributed by atoms with van der Waals surface area (Å²) in [5, 5.41) is 4.56. The molecule has 0 atom stereocenters. The van der Waals surface area contributed by atoms with Crippen LogP contribution in [-0.2, 0) is 4.74 Å². The summed E-state index contributed by atoms with van der Waals surface area (Å²) in [6.45, 7) is 1.57. The maximum absolute atomic E-state index is 6.16. The number of pyridine rings is 1. The number of nitrogen functional groups attached to an aromatic ring is 1. The van der Waals surface area contributed by atoms with Gasteiger partial charge in [-0.15, -0.1) is 0 Å². The van der Waals surface area contributed by atoms with Gasteiger partial charge >= 0.3 is 0 Å². The van der Waals surface area contributed by atoms with Gasteiger partial charge in [-0.25, -0.2) is 9.97 Å². The lowest BCUT2D eigenvalue weighted by Crippen LogP contribution is -2.19. The fourth-order valence-corrected chi connectivity index (χ4v) is 3.68. The number of nitrogens with one attached hydrogen (secondary N) is 1. The molecular weight excluding hydrogens is 364 g/mol. The highest BCUT2D eigenvalue weighted by atomic mass is 16.5. The highest BCUT2D eigenvalue weighted by molar-refractivity contribution is 5.76. The summed E-state index contributed by atoms with van der Waals surface area (Å²) in [6, 6.07) is 12.5. The minimum Gasteiger partial charge on any atom is -0.383 e. The van der Waals surface area contributed by atoms with Crippen molar-refractivity contribution in [1.82, 2.24) is 24.7 Å². The van der Waals surface area contributed by atoms with Crippen molar-refractivity contribution in [3.8, 4) is 33.8 Å². The molecule has 0 aliphatic carbocycles. The molecule has 0 spiro atoms. The number of benzene rings is 1. The van der Waals surface area contributed by atoms with E-state index in [0.717, 1.165) is 54.0 Å². The number of aromatic nitrogens is 5. The Kier molecular flexibility index (Phi) is 4.57. The topological polar surface area (TPSA) is 94.6 Å². The zero-order valence-electron chi connectivity index (χ0n) is 16.0. The summed E-state index contributed by atoms with van der Waals surface area (Å²) in [6.07, 6.45) is 9.53. The molecule has 7 nitrogen and oxygen atoms in total. The van der Waals surface area contributed by atoms with Crippen molar-refractivity contribution >= 4 is 5.82 Å². The predicted molar refractivity (Wildman–Crippen MR) is 112 cm³/mol. The summed E-state index contributed by atoms with van der Waals surface area (Å²) < 4.78 is 7.49. The average molecular weight is 386 g/mol. The maximum atomic E-state index is 6.16. The number of aromatic amines is 1. The first-order valence-corrected chi connectivity index (χ1v) is 9.76. The third-order valence-corrected chi connectivity index (χ3v) is 5.33. The largest absolute Gasteiger partial charge is 0.383 e. The second-order valence-electron chi connectivity index (χ2n) is 7.22. The third kappa shape index (κ3) is 3.52. The molecule has 146 valence electrons. The molecule has 4 heterocycles. The Morgan fingerprint density at radius 3 is 2.62 bits per heavy atom. The number of hydrogen-bond acceptors (Lipinski definition) is 5. The molecular formula is C22H22N6O. The molecule has 0 saturated carbocycles. The minimum atomic E-state index is 0.386. The van der Waals surface area contributed by atoms with E-state index in [4.69, 9.17) is 10.5 Å². The zero-order chi connectivity index (χ0) is 19.6. The molecule has 3 N–H and O–H groups in total. The first kappa shape index (κ1) is 17.6. The van der Waals surface area contributed by atoms with Crippen LogP contribution in [0.1, 0.15) is 18.9 Å². The maximum Gasteiger partial charge on any atom is 0.141 e. The van der Waals surface area contributed by atoms with Crippen molar-refractivity contribution < 1.29 is 4.74 Å². The number of nitrogens with two attached hydrogens (primary N) is 1. The number of ether oxygens (including phenoxy) is 1. The molecule has 5 rings (SSSR count). The van der Waals surface area contributed by atoms with Gasteiger partial charge in [-0.2, -0.15) is 5.10 Å². The Labute approximate surface area is 168 Å². The van der Waals surface area contributed by atoms with Crippen LogP contribution < -0.4 is 5.73 Å². The fraction of sp³-hybridized carbons (Fsp3) is 0.227. The van der Waals surface area contributed by atoms with Crippen LogP contribution in [0.5, 0.6) is 0 Å². The van der Waals surface area contributed by atoms with Crippen molar-refractivity contribution in [2.24, 2.45) is 0 Å². The standard InChI is InChI=1S/C22H22N6O/c23-21-19(22-25-13-20(27-22)15-4-2-1-3-5-15)10-16(11-24-21)17-12-26-28(14-17)18-6-8-29-9-7-18/h1-5,10-14,18H,6-9H2,(H2,23,24)(H,25,27). The van der Waals surface area contributed by atoms with Gasteiger partial charge in [0.15, 0.2) is 0 Å².